The molecule has 1 aromatic carbocycles. The molecular formula is C18H15N3S. The lowest BCUT2D eigenvalue weighted by Gasteiger charge is -1.98. The highest BCUT2D eigenvalue weighted by Gasteiger charge is 2.08. The third-order valence-corrected chi connectivity index (χ3v) is 4.59. The van der Waals surface area contributed by atoms with Crippen molar-refractivity contribution < 1.29 is 0 Å². The summed E-state index contributed by atoms with van der Waals surface area (Å²) in [7, 11) is 0. The van der Waals surface area contributed by atoms with E-state index in [-0.39, 0.29) is 0 Å². The molecule has 0 atom stereocenters. The van der Waals surface area contributed by atoms with Gasteiger partial charge in [-0.2, -0.15) is 0 Å². The Bertz CT molecular complexity index is 1010. The molecule has 0 saturated heterocycles. The van der Waals surface area contributed by atoms with Crippen molar-refractivity contribution in [2.45, 2.75) is 13.8 Å². The van der Waals surface area contributed by atoms with Crippen molar-refractivity contribution in [1.29, 1.82) is 0 Å². The van der Waals surface area contributed by atoms with Gasteiger partial charge in [-0.05, 0) is 38.1 Å². The van der Waals surface area contributed by atoms with Gasteiger partial charge in [0, 0.05) is 16.5 Å². The molecule has 0 aliphatic heterocycles. The predicted octanol–water partition coefficient (Wildman–Crippen LogP) is 4.73. The second kappa shape index (κ2) is 5.07. The highest BCUT2D eigenvalue weighted by molar-refractivity contribution is 7.17. The summed E-state index contributed by atoms with van der Waals surface area (Å²) in [6.07, 6.45) is 6.28. The largest absolute Gasteiger partial charge is 0.290 e. The van der Waals surface area contributed by atoms with E-state index in [2.05, 4.69) is 51.8 Å². The van der Waals surface area contributed by atoms with Gasteiger partial charge in [-0.25, -0.2) is 9.97 Å². The molecule has 0 amide bonds. The highest BCUT2D eigenvalue weighted by Crippen LogP contribution is 2.22. The maximum absolute atomic E-state index is 4.68. The van der Waals surface area contributed by atoms with Crippen LogP contribution in [0.15, 0.2) is 42.6 Å². The number of pyridine rings is 1. The first kappa shape index (κ1) is 13.2. The average molecular weight is 305 g/mol. The van der Waals surface area contributed by atoms with E-state index in [0.29, 0.717) is 0 Å². The zero-order valence-electron chi connectivity index (χ0n) is 12.4. The number of hydrogen-bond donors (Lipinski definition) is 0. The Labute approximate surface area is 132 Å². The maximum Gasteiger partial charge on any atom is 0.194 e. The monoisotopic (exact) mass is 305 g/mol. The lowest BCUT2D eigenvalue weighted by Crippen LogP contribution is -1.85. The normalized spacial score (nSPS) is 11.9. The van der Waals surface area contributed by atoms with Gasteiger partial charge in [0.25, 0.3) is 0 Å². The Kier molecular flexibility index (Phi) is 3.05. The second-order valence-corrected chi connectivity index (χ2v) is 6.55. The molecule has 0 fully saturated rings. The van der Waals surface area contributed by atoms with Crippen LogP contribution in [0.3, 0.4) is 0 Å². The summed E-state index contributed by atoms with van der Waals surface area (Å²) in [5.74, 6) is 0. The van der Waals surface area contributed by atoms with E-state index in [1.807, 2.05) is 31.2 Å². The Morgan fingerprint density at radius 2 is 1.86 bits per heavy atom. The minimum absolute atomic E-state index is 0.958. The first-order valence-electron chi connectivity index (χ1n) is 7.20. The van der Waals surface area contributed by atoms with Crippen LogP contribution in [0.5, 0.6) is 0 Å². The van der Waals surface area contributed by atoms with Crippen LogP contribution in [0.25, 0.3) is 28.0 Å². The number of hydrogen-bond acceptors (Lipinski definition) is 3. The van der Waals surface area contributed by atoms with Crippen LogP contribution in [0.1, 0.15) is 22.0 Å². The molecule has 22 heavy (non-hydrogen) atoms. The van der Waals surface area contributed by atoms with Crippen LogP contribution in [0, 0.1) is 13.8 Å². The first-order chi connectivity index (χ1) is 10.7. The number of rotatable bonds is 2. The highest BCUT2D eigenvalue weighted by atomic mass is 32.1. The summed E-state index contributed by atoms with van der Waals surface area (Å²) in [6, 6.07) is 12.3. The zero-order valence-corrected chi connectivity index (χ0v) is 13.3. The fourth-order valence-electron chi connectivity index (χ4n) is 2.62. The van der Waals surface area contributed by atoms with E-state index in [1.54, 1.807) is 11.3 Å². The second-order valence-electron chi connectivity index (χ2n) is 5.34. The van der Waals surface area contributed by atoms with Crippen LogP contribution < -0.4 is 0 Å². The van der Waals surface area contributed by atoms with Crippen LogP contribution in [0.2, 0.25) is 0 Å². The zero-order chi connectivity index (χ0) is 15.1. The molecule has 3 aromatic heterocycles. The number of aromatic nitrogens is 3. The molecule has 0 aliphatic carbocycles. The van der Waals surface area contributed by atoms with Crippen LogP contribution in [-0.4, -0.2) is 14.4 Å². The van der Waals surface area contributed by atoms with Crippen LogP contribution >= 0.6 is 11.3 Å². The van der Waals surface area contributed by atoms with Crippen molar-refractivity contribution >= 4 is 39.4 Å². The molecule has 3 nitrogen and oxygen atoms in total. The van der Waals surface area contributed by atoms with Crippen LogP contribution in [0.4, 0.5) is 0 Å². The molecular weight excluding hydrogens is 290 g/mol. The van der Waals surface area contributed by atoms with Gasteiger partial charge in [-0.15, -0.1) is 11.3 Å². The number of fused-ring (bicyclic) bond motifs is 2. The average Bonchev–Trinajstić information content (AvgIpc) is 3.00. The molecule has 0 N–H and O–H groups in total. The van der Waals surface area contributed by atoms with E-state index in [4.69, 9.17) is 0 Å². The molecule has 108 valence electrons. The first-order valence-corrected chi connectivity index (χ1v) is 8.01. The number of thiazole rings is 1. The molecule has 0 bridgehead atoms. The van der Waals surface area contributed by atoms with Crippen molar-refractivity contribution in [3.8, 4) is 0 Å². The molecule has 0 unspecified atom stereocenters. The molecule has 0 saturated carbocycles. The minimum Gasteiger partial charge on any atom is -0.290 e. The Balaban J connectivity index is 1.76. The van der Waals surface area contributed by atoms with Gasteiger partial charge in [-0.3, -0.25) is 4.40 Å². The SMILES string of the molecule is Cc1cn2c(/C=C/c3ccc4ccccc4n3)c(C)nc2s1. The van der Waals surface area contributed by atoms with E-state index < -0.39 is 0 Å². The fraction of sp³-hybridized carbons (Fsp3) is 0.111. The summed E-state index contributed by atoms with van der Waals surface area (Å²) in [5.41, 5.74) is 4.14. The standard InChI is InChI=1S/C18H15N3S/c1-12-11-21-17(13(2)19-18(21)22-12)10-9-15-8-7-14-5-3-4-6-16(14)20-15/h3-11H,1-2H3/b10-9+. The number of benzene rings is 1. The molecule has 0 aliphatic rings. The van der Waals surface area contributed by atoms with E-state index >= 15 is 0 Å². The van der Waals surface area contributed by atoms with Gasteiger partial charge >= 0.3 is 0 Å². The Morgan fingerprint density at radius 1 is 1.00 bits per heavy atom. The predicted molar refractivity (Wildman–Crippen MR) is 93.2 cm³/mol. The lowest BCUT2D eigenvalue weighted by molar-refractivity contribution is 1.18. The number of para-hydroxylation sites is 1. The van der Waals surface area contributed by atoms with Gasteiger partial charge in [0.2, 0.25) is 0 Å². The lowest BCUT2D eigenvalue weighted by atomic mass is 10.2. The van der Waals surface area contributed by atoms with Gasteiger partial charge in [0.15, 0.2) is 4.96 Å². The summed E-state index contributed by atoms with van der Waals surface area (Å²) in [6.45, 7) is 4.15. The van der Waals surface area contributed by atoms with Crippen molar-refractivity contribution in [1.82, 2.24) is 14.4 Å². The molecule has 0 radical (unpaired) electrons. The smallest absolute Gasteiger partial charge is 0.194 e. The van der Waals surface area contributed by atoms with Crippen molar-refractivity contribution in [2.75, 3.05) is 0 Å². The number of nitrogens with zero attached hydrogens (tertiary/aromatic N) is 3. The maximum atomic E-state index is 4.68. The molecule has 0 spiro atoms. The Morgan fingerprint density at radius 3 is 2.77 bits per heavy atom. The molecule has 4 aromatic rings. The topological polar surface area (TPSA) is 30.2 Å². The van der Waals surface area contributed by atoms with Crippen LogP contribution in [-0.2, 0) is 0 Å². The number of imidazole rings is 1. The summed E-state index contributed by atoms with van der Waals surface area (Å²) < 4.78 is 2.15. The van der Waals surface area contributed by atoms with Crippen molar-refractivity contribution in [3.05, 3.63) is 64.6 Å². The molecule has 3 heterocycles. The van der Waals surface area contributed by atoms with Crippen molar-refractivity contribution in [3.63, 3.8) is 0 Å². The van der Waals surface area contributed by atoms with E-state index in [1.165, 1.54) is 4.88 Å². The van der Waals surface area contributed by atoms with E-state index in [9.17, 15) is 0 Å². The Hall–Kier alpha value is -2.46. The van der Waals surface area contributed by atoms with Gasteiger partial charge in [0.1, 0.15) is 0 Å². The van der Waals surface area contributed by atoms with E-state index in [0.717, 1.165) is 32.9 Å². The summed E-state index contributed by atoms with van der Waals surface area (Å²) >= 11 is 1.71. The summed E-state index contributed by atoms with van der Waals surface area (Å²) in [4.78, 5) is 11.6. The van der Waals surface area contributed by atoms with Crippen molar-refractivity contribution in [2.24, 2.45) is 0 Å². The van der Waals surface area contributed by atoms with Gasteiger partial charge in [-0.1, -0.05) is 24.3 Å². The molecule has 4 rings (SSSR count). The van der Waals surface area contributed by atoms with Gasteiger partial charge in [0.05, 0.1) is 22.6 Å². The third-order valence-electron chi connectivity index (χ3n) is 3.69. The van der Waals surface area contributed by atoms with Gasteiger partial charge < -0.3 is 0 Å². The molecule has 4 heteroatoms. The number of aryl methyl sites for hydroxylation is 2. The third kappa shape index (κ3) is 2.22. The minimum atomic E-state index is 0.958. The summed E-state index contributed by atoms with van der Waals surface area (Å²) in [5, 5.41) is 1.16. The fourth-order valence-corrected chi connectivity index (χ4v) is 3.50. The quantitative estimate of drug-likeness (QED) is 0.536.